The van der Waals surface area contributed by atoms with Gasteiger partial charge in [0.05, 0.1) is 17.8 Å². The molecule has 0 atom stereocenters. The molecule has 1 aliphatic rings. The molecule has 0 bridgehead atoms. The minimum atomic E-state index is -0.0627. The van der Waals surface area contributed by atoms with Crippen molar-refractivity contribution >= 4 is 5.91 Å². The van der Waals surface area contributed by atoms with Gasteiger partial charge in [-0.15, -0.1) is 0 Å². The lowest BCUT2D eigenvalue weighted by atomic mass is 10.1. The zero-order valence-electron chi connectivity index (χ0n) is 15.4. The molecule has 0 unspecified atom stereocenters. The molecule has 4 rings (SSSR count). The normalized spacial score (nSPS) is 13.4. The van der Waals surface area contributed by atoms with Gasteiger partial charge < -0.3 is 4.90 Å². The predicted octanol–water partition coefficient (Wildman–Crippen LogP) is 2.99. The third kappa shape index (κ3) is 3.58. The van der Waals surface area contributed by atoms with Gasteiger partial charge in [0, 0.05) is 25.1 Å². The molecule has 1 aliphatic heterocycles. The number of nitrogens with one attached hydrogen (secondary N) is 1. The van der Waals surface area contributed by atoms with Crippen LogP contribution in [0.4, 0.5) is 0 Å². The number of hydrogen-bond donors (Lipinski definition) is 1. The van der Waals surface area contributed by atoms with Crippen molar-refractivity contribution in [3.8, 4) is 5.69 Å². The second-order valence-corrected chi connectivity index (χ2v) is 7.10. The lowest BCUT2D eigenvalue weighted by molar-refractivity contribution is -0.132. The zero-order chi connectivity index (χ0) is 18.8. The second-order valence-electron chi connectivity index (χ2n) is 7.10. The minimum absolute atomic E-state index is 0.0627. The summed E-state index contributed by atoms with van der Waals surface area (Å²) in [6, 6.07) is 17.8. The van der Waals surface area contributed by atoms with E-state index in [1.54, 1.807) is 9.58 Å². The highest BCUT2D eigenvalue weighted by molar-refractivity contribution is 5.76. The summed E-state index contributed by atoms with van der Waals surface area (Å²) in [6.07, 6.45) is 1.88. The molecule has 27 heavy (non-hydrogen) atoms. The Morgan fingerprint density at radius 2 is 1.81 bits per heavy atom. The number of carbonyl (C=O) groups excluding carboxylic acids is 1. The molecule has 0 spiro atoms. The molecule has 2 heterocycles. The van der Waals surface area contributed by atoms with Crippen molar-refractivity contribution in [2.24, 2.45) is 0 Å². The Labute approximate surface area is 158 Å². The van der Waals surface area contributed by atoms with Gasteiger partial charge in [-0.2, -0.15) is 0 Å². The van der Waals surface area contributed by atoms with Crippen LogP contribution in [-0.4, -0.2) is 27.1 Å². The SMILES string of the molecule is Cc1ccc(CCC(=O)N2CCc3[nH]n(-c4ccccc4)c(=O)c3C2)cc1. The van der Waals surface area contributed by atoms with Gasteiger partial charge in [-0.1, -0.05) is 48.0 Å². The van der Waals surface area contributed by atoms with Crippen molar-refractivity contribution in [3.05, 3.63) is 87.3 Å². The van der Waals surface area contributed by atoms with Gasteiger partial charge in [-0.3, -0.25) is 14.7 Å². The molecular weight excluding hydrogens is 338 g/mol. The van der Waals surface area contributed by atoms with Crippen molar-refractivity contribution in [1.82, 2.24) is 14.7 Å². The van der Waals surface area contributed by atoms with E-state index in [1.807, 2.05) is 30.3 Å². The average Bonchev–Trinajstić information content (AvgIpc) is 3.04. The number of aromatic nitrogens is 2. The van der Waals surface area contributed by atoms with E-state index in [9.17, 15) is 9.59 Å². The van der Waals surface area contributed by atoms with Gasteiger partial charge in [0.25, 0.3) is 5.56 Å². The van der Waals surface area contributed by atoms with Crippen molar-refractivity contribution in [2.75, 3.05) is 6.54 Å². The third-order valence-corrected chi connectivity index (χ3v) is 5.17. The summed E-state index contributed by atoms with van der Waals surface area (Å²) in [6.45, 7) is 3.09. The molecular formula is C22H23N3O2. The van der Waals surface area contributed by atoms with Gasteiger partial charge in [0.1, 0.15) is 0 Å². The Kier molecular flexibility index (Phi) is 4.67. The van der Waals surface area contributed by atoms with Crippen LogP contribution in [0.3, 0.4) is 0 Å². The fourth-order valence-electron chi connectivity index (χ4n) is 3.54. The Hall–Kier alpha value is -3.08. The van der Waals surface area contributed by atoms with Crippen LogP contribution in [0.5, 0.6) is 0 Å². The molecule has 5 nitrogen and oxygen atoms in total. The van der Waals surface area contributed by atoms with E-state index in [-0.39, 0.29) is 11.5 Å². The van der Waals surface area contributed by atoms with Crippen LogP contribution >= 0.6 is 0 Å². The molecule has 5 heteroatoms. The van der Waals surface area contributed by atoms with Gasteiger partial charge in [0.15, 0.2) is 0 Å². The summed E-state index contributed by atoms with van der Waals surface area (Å²) in [5.74, 6) is 0.105. The van der Waals surface area contributed by atoms with Crippen molar-refractivity contribution in [3.63, 3.8) is 0 Å². The molecule has 0 fully saturated rings. The number of carbonyl (C=O) groups is 1. The monoisotopic (exact) mass is 361 g/mol. The summed E-state index contributed by atoms with van der Waals surface area (Å²) >= 11 is 0. The number of para-hydroxylation sites is 1. The van der Waals surface area contributed by atoms with E-state index in [4.69, 9.17) is 0 Å². The molecule has 2 aromatic carbocycles. The Morgan fingerprint density at radius 1 is 1.07 bits per heavy atom. The topological polar surface area (TPSA) is 58.1 Å². The number of fused-ring (bicyclic) bond motifs is 1. The van der Waals surface area contributed by atoms with Gasteiger partial charge in [0.2, 0.25) is 5.91 Å². The van der Waals surface area contributed by atoms with Crippen LogP contribution in [0.1, 0.15) is 28.8 Å². The van der Waals surface area contributed by atoms with Gasteiger partial charge in [-0.25, -0.2) is 4.68 Å². The van der Waals surface area contributed by atoms with Crippen LogP contribution in [0, 0.1) is 6.92 Å². The lowest BCUT2D eigenvalue weighted by Crippen LogP contribution is -2.37. The highest BCUT2D eigenvalue weighted by Crippen LogP contribution is 2.17. The molecule has 0 aliphatic carbocycles. The molecule has 3 aromatic rings. The molecule has 0 saturated heterocycles. The molecule has 1 N–H and O–H groups in total. The van der Waals surface area contributed by atoms with Crippen LogP contribution in [-0.2, 0) is 24.2 Å². The number of amides is 1. The maximum absolute atomic E-state index is 12.8. The zero-order valence-corrected chi connectivity index (χ0v) is 15.4. The molecule has 0 radical (unpaired) electrons. The highest BCUT2D eigenvalue weighted by Gasteiger charge is 2.25. The Bertz CT molecular complexity index is 1000. The van der Waals surface area contributed by atoms with Crippen LogP contribution in [0.25, 0.3) is 5.69 Å². The summed E-state index contributed by atoms with van der Waals surface area (Å²) in [5.41, 5.74) is 4.78. The Balaban J connectivity index is 1.46. The third-order valence-electron chi connectivity index (χ3n) is 5.17. The second kappa shape index (κ2) is 7.27. The first kappa shape index (κ1) is 17.3. The van der Waals surface area contributed by atoms with Crippen LogP contribution < -0.4 is 5.56 Å². The van der Waals surface area contributed by atoms with Crippen molar-refractivity contribution in [1.29, 1.82) is 0 Å². The molecule has 138 valence electrons. The van der Waals surface area contributed by atoms with E-state index in [2.05, 4.69) is 36.3 Å². The standard InChI is InChI=1S/C22H23N3O2/c1-16-7-9-17(10-8-16)11-12-21(26)24-14-13-20-19(15-24)22(27)25(23-20)18-5-3-2-4-6-18/h2-10,23H,11-15H2,1H3. The number of nitrogens with zero attached hydrogens (tertiary/aromatic N) is 2. The Morgan fingerprint density at radius 3 is 2.56 bits per heavy atom. The average molecular weight is 361 g/mol. The molecule has 0 saturated carbocycles. The fourth-order valence-corrected chi connectivity index (χ4v) is 3.54. The van der Waals surface area contributed by atoms with E-state index >= 15 is 0 Å². The highest BCUT2D eigenvalue weighted by atomic mass is 16.2. The maximum Gasteiger partial charge on any atom is 0.276 e. The number of H-pyrrole nitrogens is 1. The summed E-state index contributed by atoms with van der Waals surface area (Å²) < 4.78 is 1.57. The molecule has 1 aromatic heterocycles. The summed E-state index contributed by atoms with van der Waals surface area (Å²) in [5, 5.41) is 3.21. The quantitative estimate of drug-likeness (QED) is 0.777. The number of rotatable bonds is 4. The number of aryl methyl sites for hydroxylation is 2. The number of hydrogen-bond acceptors (Lipinski definition) is 2. The first-order chi connectivity index (χ1) is 13.1. The van der Waals surface area contributed by atoms with Crippen molar-refractivity contribution < 1.29 is 4.79 Å². The lowest BCUT2D eigenvalue weighted by Gasteiger charge is -2.26. The number of aromatic amines is 1. The molecule has 1 amide bonds. The van der Waals surface area contributed by atoms with Crippen LogP contribution in [0.2, 0.25) is 0 Å². The van der Waals surface area contributed by atoms with E-state index in [0.29, 0.717) is 31.5 Å². The number of benzene rings is 2. The smallest absolute Gasteiger partial charge is 0.276 e. The first-order valence-electron chi connectivity index (χ1n) is 9.33. The predicted molar refractivity (Wildman–Crippen MR) is 105 cm³/mol. The van der Waals surface area contributed by atoms with Crippen LogP contribution in [0.15, 0.2) is 59.4 Å². The largest absolute Gasteiger partial charge is 0.338 e. The van der Waals surface area contributed by atoms with Crippen molar-refractivity contribution in [2.45, 2.75) is 32.7 Å². The van der Waals surface area contributed by atoms with E-state index < -0.39 is 0 Å². The maximum atomic E-state index is 12.8. The summed E-state index contributed by atoms with van der Waals surface area (Å²) in [7, 11) is 0. The fraction of sp³-hybridized carbons (Fsp3) is 0.273. The van der Waals surface area contributed by atoms with Gasteiger partial charge in [-0.05, 0) is 31.0 Å². The van der Waals surface area contributed by atoms with Gasteiger partial charge >= 0.3 is 0 Å². The van der Waals surface area contributed by atoms with E-state index in [0.717, 1.165) is 17.8 Å². The first-order valence-corrected chi connectivity index (χ1v) is 9.33. The summed E-state index contributed by atoms with van der Waals surface area (Å²) in [4.78, 5) is 27.2. The van der Waals surface area contributed by atoms with E-state index in [1.165, 1.54) is 11.1 Å². The minimum Gasteiger partial charge on any atom is -0.338 e.